The Labute approximate surface area is 132 Å². The Bertz CT molecular complexity index is 300. The molecule has 2 rings (SSSR count). The maximum Gasteiger partial charge on any atom is 0.194 e. The van der Waals surface area contributed by atoms with E-state index in [1.165, 1.54) is 0 Å². The van der Waals surface area contributed by atoms with Crippen molar-refractivity contribution in [2.24, 2.45) is 4.99 Å². The molecule has 19 heavy (non-hydrogen) atoms. The van der Waals surface area contributed by atoms with Crippen LogP contribution in [-0.2, 0) is 0 Å². The zero-order chi connectivity index (χ0) is 13.0. The van der Waals surface area contributed by atoms with Gasteiger partial charge in [-0.1, -0.05) is 0 Å². The van der Waals surface area contributed by atoms with Crippen molar-refractivity contribution in [3.8, 4) is 0 Å². The SMILES string of the molecule is CCNC(=NCC1(O)CCC1)N1CCC(O)CC1.I. The molecule has 0 aromatic rings. The molecule has 0 unspecified atom stereocenters. The number of hydrogen-bond donors (Lipinski definition) is 3. The summed E-state index contributed by atoms with van der Waals surface area (Å²) in [4.78, 5) is 6.73. The minimum absolute atomic E-state index is 0. The van der Waals surface area contributed by atoms with Crippen molar-refractivity contribution in [3.05, 3.63) is 0 Å². The van der Waals surface area contributed by atoms with Crippen LogP contribution in [0.5, 0.6) is 0 Å². The van der Waals surface area contributed by atoms with Crippen LogP contribution in [0.1, 0.15) is 39.0 Å². The molecule has 6 heteroatoms. The molecule has 0 aromatic carbocycles. The highest BCUT2D eigenvalue weighted by Crippen LogP contribution is 2.31. The fourth-order valence-electron chi connectivity index (χ4n) is 2.47. The quantitative estimate of drug-likeness (QED) is 0.386. The summed E-state index contributed by atoms with van der Waals surface area (Å²) >= 11 is 0. The highest BCUT2D eigenvalue weighted by molar-refractivity contribution is 14.0. The second-order valence-electron chi connectivity index (χ2n) is 5.47. The minimum atomic E-state index is -0.560. The molecule has 0 bridgehead atoms. The molecule has 1 aliphatic heterocycles. The molecular formula is C13H26IN3O2. The zero-order valence-electron chi connectivity index (χ0n) is 11.6. The number of aliphatic imine (C=N–C) groups is 1. The van der Waals surface area contributed by atoms with Crippen molar-refractivity contribution >= 4 is 29.9 Å². The Morgan fingerprint density at radius 3 is 2.47 bits per heavy atom. The molecule has 3 N–H and O–H groups in total. The summed E-state index contributed by atoms with van der Waals surface area (Å²) in [7, 11) is 0. The van der Waals surface area contributed by atoms with Gasteiger partial charge >= 0.3 is 0 Å². The summed E-state index contributed by atoms with van der Waals surface area (Å²) in [5.41, 5.74) is -0.560. The van der Waals surface area contributed by atoms with E-state index in [9.17, 15) is 10.2 Å². The smallest absolute Gasteiger partial charge is 0.194 e. The van der Waals surface area contributed by atoms with Crippen molar-refractivity contribution in [2.75, 3.05) is 26.2 Å². The van der Waals surface area contributed by atoms with Crippen molar-refractivity contribution in [1.29, 1.82) is 0 Å². The normalized spacial score (nSPS) is 23.5. The van der Waals surface area contributed by atoms with Gasteiger partial charge in [0.1, 0.15) is 0 Å². The molecule has 0 spiro atoms. The maximum absolute atomic E-state index is 10.1. The molecule has 0 radical (unpaired) electrons. The third kappa shape index (κ3) is 4.75. The first-order valence-electron chi connectivity index (χ1n) is 7.07. The molecule has 0 atom stereocenters. The zero-order valence-corrected chi connectivity index (χ0v) is 14.0. The van der Waals surface area contributed by atoms with Crippen LogP contribution >= 0.6 is 24.0 Å². The van der Waals surface area contributed by atoms with Crippen molar-refractivity contribution in [2.45, 2.75) is 50.7 Å². The highest BCUT2D eigenvalue weighted by atomic mass is 127. The first-order chi connectivity index (χ1) is 8.63. The van der Waals surface area contributed by atoms with Crippen LogP contribution in [0, 0.1) is 0 Å². The van der Waals surface area contributed by atoms with E-state index in [0.717, 1.165) is 57.7 Å². The van der Waals surface area contributed by atoms with E-state index in [2.05, 4.69) is 15.2 Å². The monoisotopic (exact) mass is 383 g/mol. The first-order valence-corrected chi connectivity index (χ1v) is 7.07. The largest absolute Gasteiger partial charge is 0.393 e. The second-order valence-corrected chi connectivity index (χ2v) is 5.47. The van der Waals surface area contributed by atoms with Crippen LogP contribution in [0.25, 0.3) is 0 Å². The minimum Gasteiger partial charge on any atom is -0.393 e. The van der Waals surface area contributed by atoms with Crippen LogP contribution in [0.4, 0.5) is 0 Å². The van der Waals surface area contributed by atoms with Gasteiger partial charge in [-0.2, -0.15) is 0 Å². The van der Waals surface area contributed by atoms with Crippen molar-refractivity contribution in [3.63, 3.8) is 0 Å². The van der Waals surface area contributed by atoms with Gasteiger partial charge in [0.15, 0.2) is 5.96 Å². The van der Waals surface area contributed by atoms with Gasteiger partial charge < -0.3 is 20.4 Å². The van der Waals surface area contributed by atoms with Gasteiger partial charge in [0.2, 0.25) is 0 Å². The third-order valence-electron chi connectivity index (χ3n) is 3.91. The number of nitrogens with zero attached hydrogens (tertiary/aromatic N) is 2. The predicted molar refractivity (Wildman–Crippen MR) is 87.0 cm³/mol. The predicted octanol–water partition coefficient (Wildman–Crippen LogP) is 0.942. The summed E-state index contributed by atoms with van der Waals surface area (Å²) in [5, 5.41) is 22.9. The average molecular weight is 383 g/mol. The Morgan fingerprint density at radius 1 is 1.37 bits per heavy atom. The summed E-state index contributed by atoms with van der Waals surface area (Å²) < 4.78 is 0. The van der Waals surface area contributed by atoms with E-state index in [-0.39, 0.29) is 30.1 Å². The molecule has 1 saturated carbocycles. The van der Waals surface area contributed by atoms with E-state index < -0.39 is 5.60 Å². The lowest BCUT2D eigenvalue weighted by atomic mass is 9.80. The van der Waals surface area contributed by atoms with Crippen molar-refractivity contribution < 1.29 is 10.2 Å². The number of aliphatic hydroxyl groups excluding tert-OH is 1. The van der Waals surface area contributed by atoms with E-state index in [0.29, 0.717) is 6.54 Å². The van der Waals surface area contributed by atoms with E-state index in [1.807, 2.05) is 6.92 Å². The summed E-state index contributed by atoms with van der Waals surface area (Å²) in [6.45, 7) is 5.05. The fourth-order valence-corrected chi connectivity index (χ4v) is 2.47. The molecule has 2 aliphatic rings. The summed E-state index contributed by atoms with van der Waals surface area (Å²) in [5.74, 6) is 0.879. The number of guanidine groups is 1. The van der Waals surface area contributed by atoms with Gasteiger partial charge in [-0.3, -0.25) is 4.99 Å². The van der Waals surface area contributed by atoms with Crippen LogP contribution in [0.15, 0.2) is 4.99 Å². The van der Waals surface area contributed by atoms with Gasteiger partial charge in [-0.15, -0.1) is 24.0 Å². The lowest BCUT2D eigenvalue weighted by Gasteiger charge is -2.36. The van der Waals surface area contributed by atoms with Crippen LogP contribution in [0.3, 0.4) is 0 Å². The topological polar surface area (TPSA) is 68.1 Å². The van der Waals surface area contributed by atoms with Crippen LogP contribution in [-0.4, -0.2) is 59.0 Å². The fraction of sp³-hybridized carbons (Fsp3) is 0.923. The Morgan fingerprint density at radius 2 is 2.00 bits per heavy atom. The van der Waals surface area contributed by atoms with Gasteiger partial charge in [-0.05, 0) is 39.0 Å². The lowest BCUT2D eigenvalue weighted by Crippen LogP contribution is -2.48. The number of likely N-dealkylation sites (tertiary alicyclic amines) is 1. The number of aliphatic hydroxyl groups is 2. The van der Waals surface area contributed by atoms with E-state index >= 15 is 0 Å². The number of halogens is 1. The molecule has 0 aromatic heterocycles. The third-order valence-corrected chi connectivity index (χ3v) is 3.91. The molecule has 0 amide bonds. The van der Waals surface area contributed by atoms with E-state index in [4.69, 9.17) is 0 Å². The van der Waals surface area contributed by atoms with Gasteiger partial charge in [0.05, 0.1) is 18.2 Å². The Balaban J connectivity index is 0.00000180. The number of rotatable bonds is 3. The second kappa shape index (κ2) is 7.64. The first kappa shape index (κ1) is 17.0. The molecule has 1 saturated heterocycles. The molecule has 1 aliphatic carbocycles. The number of nitrogens with one attached hydrogen (secondary N) is 1. The van der Waals surface area contributed by atoms with Gasteiger partial charge in [-0.25, -0.2) is 0 Å². The van der Waals surface area contributed by atoms with Crippen LogP contribution in [0.2, 0.25) is 0 Å². The molecular weight excluding hydrogens is 357 g/mol. The van der Waals surface area contributed by atoms with Gasteiger partial charge in [0, 0.05) is 19.6 Å². The number of piperidine rings is 1. The molecule has 2 fully saturated rings. The highest BCUT2D eigenvalue weighted by Gasteiger charge is 2.34. The molecule has 5 nitrogen and oxygen atoms in total. The molecule has 112 valence electrons. The maximum atomic E-state index is 10.1. The number of hydrogen-bond acceptors (Lipinski definition) is 3. The average Bonchev–Trinajstić information content (AvgIpc) is 2.33. The standard InChI is InChI=1S/C13H25N3O2.HI/c1-2-14-12(15-10-13(18)6-3-7-13)16-8-4-11(17)5-9-16;/h11,17-18H,2-10H2,1H3,(H,14,15);1H. The van der Waals surface area contributed by atoms with Crippen molar-refractivity contribution in [1.82, 2.24) is 10.2 Å². The lowest BCUT2D eigenvalue weighted by molar-refractivity contribution is -0.0238. The van der Waals surface area contributed by atoms with Gasteiger partial charge in [0.25, 0.3) is 0 Å². The van der Waals surface area contributed by atoms with Crippen LogP contribution < -0.4 is 5.32 Å². The Kier molecular flexibility index (Phi) is 6.82. The summed E-state index contributed by atoms with van der Waals surface area (Å²) in [6.07, 6.45) is 4.28. The van der Waals surface area contributed by atoms with E-state index in [1.54, 1.807) is 0 Å². The summed E-state index contributed by atoms with van der Waals surface area (Å²) in [6, 6.07) is 0. The molecule has 1 heterocycles. The Hall–Kier alpha value is -0.0800.